The van der Waals surface area contributed by atoms with Crippen molar-refractivity contribution in [1.29, 1.82) is 5.26 Å². The van der Waals surface area contributed by atoms with E-state index in [-0.39, 0.29) is 6.61 Å². The molecule has 0 saturated heterocycles. The lowest BCUT2D eigenvalue weighted by molar-refractivity contribution is 0.105. The van der Waals surface area contributed by atoms with Gasteiger partial charge in [-0.15, -0.1) is 0 Å². The second-order valence-electron chi connectivity index (χ2n) is 5.11. The Hall–Kier alpha value is -1.57. The second-order valence-corrected chi connectivity index (χ2v) is 5.11. The average molecular weight is 262 g/mol. The number of aliphatic hydroxyl groups is 1. The molecule has 0 spiro atoms. The van der Waals surface area contributed by atoms with Crippen LogP contribution in [-0.4, -0.2) is 30.9 Å². The summed E-state index contributed by atoms with van der Waals surface area (Å²) in [5.74, 6) is 1.21. The highest BCUT2D eigenvalue weighted by Gasteiger charge is 2.07. The molecule has 1 atom stereocenters. The first-order chi connectivity index (χ1) is 9.02. The molecule has 0 aliphatic heterocycles. The molecule has 0 amide bonds. The van der Waals surface area contributed by atoms with E-state index in [4.69, 9.17) is 10.00 Å². The van der Waals surface area contributed by atoms with Crippen LogP contribution in [0.1, 0.15) is 25.0 Å². The Bertz CT molecular complexity index is 438. The summed E-state index contributed by atoms with van der Waals surface area (Å²) < 4.78 is 5.56. The predicted molar refractivity (Wildman–Crippen MR) is 75.1 cm³/mol. The highest BCUT2D eigenvalue weighted by atomic mass is 16.5. The summed E-state index contributed by atoms with van der Waals surface area (Å²) in [7, 11) is 0. The highest BCUT2D eigenvalue weighted by molar-refractivity contribution is 5.41. The van der Waals surface area contributed by atoms with Crippen molar-refractivity contribution in [3.05, 3.63) is 29.3 Å². The van der Waals surface area contributed by atoms with Crippen LogP contribution in [0.2, 0.25) is 0 Å². The van der Waals surface area contributed by atoms with E-state index >= 15 is 0 Å². The fourth-order valence-electron chi connectivity index (χ4n) is 1.61. The molecule has 0 aliphatic carbocycles. The Labute approximate surface area is 115 Å². The molecule has 104 valence electrons. The van der Waals surface area contributed by atoms with E-state index < -0.39 is 6.10 Å². The van der Waals surface area contributed by atoms with Gasteiger partial charge in [-0.2, -0.15) is 5.26 Å². The summed E-state index contributed by atoms with van der Waals surface area (Å²) >= 11 is 0. The largest absolute Gasteiger partial charge is 0.491 e. The number of aliphatic hydroxyl groups excluding tert-OH is 1. The van der Waals surface area contributed by atoms with Gasteiger partial charge in [-0.05, 0) is 37.1 Å². The van der Waals surface area contributed by atoms with Gasteiger partial charge in [0.05, 0.1) is 11.6 Å². The third kappa shape index (κ3) is 5.73. The molecule has 1 aromatic rings. The number of rotatable bonds is 7. The highest BCUT2D eigenvalue weighted by Crippen LogP contribution is 2.19. The normalized spacial score (nSPS) is 12.2. The minimum absolute atomic E-state index is 0.223. The molecule has 0 radical (unpaired) electrons. The minimum Gasteiger partial charge on any atom is -0.491 e. The van der Waals surface area contributed by atoms with Crippen molar-refractivity contribution in [3.63, 3.8) is 0 Å². The van der Waals surface area contributed by atoms with Crippen LogP contribution in [0.25, 0.3) is 0 Å². The molecular weight excluding hydrogens is 240 g/mol. The van der Waals surface area contributed by atoms with Crippen LogP contribution in [0.5, 0.6) is 5.75 Å². The van der Waals surface area contributed by atoms with Gasteiger partial charge in [-0.1, -0.05) is 19.9 Å². The van der Waals surface area contributed by atoms with Crippen molar-refractivity contribution in [2.45, 2.75) is 26.9 Å². The van der Waals surface area contributed by atoms with Crippen molar-refractivity contribution < 1.29 is 9.84 Å². The SMILES string of the molecule is Cc1ccc(C#N)cc1OCC(O)CNCC(C)C. The number of aryl methyl sites for hydroxylation is 1. The van der Waals surface area contributed by atoms with Gasteiger partial charge in [-0.3, -0.25) is 0 Å². The van der Waals surface area contributed by atoms with Crippen LogP contribution < -0.4 is 10.1 Å². The third-order valence-corrected chi connectivity index (χ3v) is 2.68. The average Bonchev–Trinajstić information content (AvgIpc) is 2.37. The Morgan fingerprint density at radius 1 is 1.37 bits per heavy atom. The molecule has 0 fully saturated rings. The number of hydrogen-bond acceptors (Lipinski definition) is 4. The molecule has 1 aromatic carbocycles. The molecule has 0 aliphatic rings. The minimum atomic E-state index is -0.552. The zero-order valence-electron chi connectivity index (χ0n) is 11.8. The molecule has 0 heterocycles. The van der Waals surface area contributed by atoms with E-state index in [2.05, 4.69) is 25.2 Å². The fraction of sp³-hybridized carbons (Fsp3) is 0.533. The van der Waals surface area contributed by atoms with E-state index in [0.29, 0.717) is 23.8 Å². The van der Waals surface area contributed by atoms with Crippen molar-refractivity contribution in [3.8, 4) is 11.8 Å². The summed E-state index contributed by atoms with van der Waals surface area (Å²) in [5.41, 5.74) is 1.52. The number of benzene rings is 1. The van der Waals surface area contributed by atoms with E-state index in [9.17, 15) is 5.11 Å². The standard InChI is InChI=1S/C15H22N2O2/c1-11(2)8-17-9-14(18)10-19-15-6-13(7-16)5-4-12(15)3/h4-6,11,14,17-18H,8-10H2,1-3H3. The zero-order chi connectivity index (χ0) is 14.3. The van der Waals surface area contributed by atoms with Gasteiger partial charge in [0.1, 0.15) is 18.5 Å². The van der Waals surface area contributed by atoms with Gasteiger partial charge in [-0.25, -0.2) is 0 Å². The van der Waals surface area contributed by atoms with Crippen LogP contribution >= 0.6 is 0 Å². The van der Waals surface area contributed by atoms with E-state index in [1.54, 1.807) is 12.1 Å². The van der Waals surface area contributed by atoms with E-state index in [0.717, 1.165) is 12.1 Å². The summed E-state index contributed by atoms with van der Waals surface area (Å²) in [6, 6.07) is 7.37. The Kier molecular flexibility index (Phi) is 6.34. The van der Waals surface area contributed by atoms with Crippen molar-refractivity contribution in [2.24, 2.45) is 5.92 Å². The number of nitrogens with zero attached hydrogens (tertiary/aromatic N) is 1. The molecule has 1 rings (SSSR count). The quantitative estimate of drug-likeness (QED) is 0.787. The van der Waals surface area contributed by atoms with Crippen LogP contribution in [0.15, 0.2) is 18.2 Å². The van der Waals surface area contributed by atoms with Crippen LogP contribution in [0.3, 0.4) is 0 Å². The first-order valence-corrected chi connectivity index (χ1v) is 6.55. The van der Waals surface area contributed by atoms with Gasteiger partial charge in [0.15, 0.2) is 0 Å². The topological polar surface area (TPSA) is 65.3 Å². The summed E-state index contributed by atoms with van der Waals surface area (Å²) in [6.07, 6.45) is -0.552. The maximum Gasteiger partial charge on any atom is 0.123 e. The maximum atomic E-state index is 9.79. The van der Waals surface area contributed by atoms with Gasteiger partial charge < -0.3 is 15.2 Å². The van der Waals surface area contributed by atoms with Crippen molar-refractivity contribution >= 4 is 0 Å². The van der Waals surface area contributed by atoms with E-state index in [1.165, 1.54) is 0 Å². The first kappa shape index (κ1) is 15.5. The molecule has 4 nitrogen and oxygen atoms in total. The fourth-order valence-corrected chi connectivity index (χ4v) is 1.61. The molecule has 0 aromatic heterocycles. The maximum absolute atomic E-state index is 9.79. The first-order valence-electron chi connectivity index (χ1n) is 6.55. The van der Waals surface area contributed by atoms with Crippen molar-refractivity contribution in [1.82, 2.24) is 5.32 Å². The number of nitriles is 1. The Morgan fingerprint density at radius 3 is 2.74 bits per heavy atom. The smallest absolute Gasteiger partial charge is 0.123 e. The van der Waals surface area contributed by atoms with Crippen LogP contribution in [0, 0.1) is 24.2 Å². The lowest BCUT2D eigenvalue weighted by Gasteiger charge is -2.15. The molecule has 4 heteroatoms. The molecular formula is C15H22N2O2. The summed E-state index contributed by atoms with van der Waals surface area (Å²) in [4.78, 5) is 0. The Balaban J connectivity index is 2.41. The lowest BCUT2D eigenvalue weighted by atomic mass is 10.1. The number of ether oxygens (including phenoxy) is 1. The molecule has 2 N–H and O–H groups in total. The lowest BCUT2D eigenvalue weighted by Crippen LogP contribution is -2.33. The number of nitrogens with one attached hydrogen (secondary N) is 1. The summed E-state index contributed by atoms with van der Waals surface area (Å²) in [5, 5.41) is 21.8. The number of hydrogen-bond donors (Lipinski definition) is 2. The van der Waals surface area contributed by atoms with E-state index in [1.807, 2.05) is 13.0 Å². The zero-order valence-corrected chi connectivity index (χ0v) is 11.8. The molecule has 19 heavy (non-hydrogen) atoms. The van der Waals surface area contributed by atoms with Gasteiger partial charge in [0, 0.05) is 6.54 Å². The van der Waals surface area contributed by atoms with Gasteiger partial charge in [0.2, 0.25) is 0 Å². The molecule has 0 bridgehead atoms. The predicted octanol–water partition coefficient (Wildman–Crippen LogP) is 1.85. The third-order valence-electron chi connectivity index (χ3n) is 2.68. The monoisotopic (exact) mass is 262 g/mol. The van der Waals surface area contributed by atoms with Gasteiger partial charge in [0.25, 0.3) is 0 Å². The molecule has 1 unspecified atom stereocenters. The van der Waals surface area contributed by atoms with Crippen LogP contribution in [0.4, 0.5) is 0 Å². The van der Waals surface area contributed by atoms with Gasteiger partial charge >= 0.3 is 0 Å². The Morgan fingerprint density at radius 2 is 2.11 bits per heavy atom. The van der Waals surface area contributed by atoms with Crippen molar-refractivity contribution in [2.75, 3.05) is 19.7 Å². The molecule has 0 saturated carbocycles. The second kappa shape index (κ2) is 7.78. The van der Waals surface area contributed by atoms with Crippen LogP contribution in [-0.2, 0) is 0 Å². The summed E-state index contributed by atoms with van der Waals surface area (Å²) in [6.45, 7) is 7.76.